The fourth-order valence-electron chi connectivity index (χ4n) is 2.75. The highest BCUT2D eigenvalue weighted by atomic mass is 16.6. The molecule has 1 aliphatic carbocycles. The SMILES string of the molecule is CO/C(O)=c1\nc2c(n(Cc3ccccc3)c1=N)=CCCC2. The molecule has 0 saturated heterocycles. The number of nitrogens with zero attached hydrogens (tertiary/aromatic N) is 2. The number of hydrogen-bond donors (Lipinski definition) is 2. The number of aliphatic hydroxyl groups is 1. The minimum absolute atomic E-state index is 0.167. The van der Waals surface area contributed by atoms with Crippen LogP contribution in [0.2, 0.25) is 0 Å². The summed E-state index contributed by atoms with van der Waals surface area (Å²) in [5.41, 5.74) is 2.19. The third kappa shape index (κ3) is 2.62. The highest BCUT2D eigenvalue weighted by molar-refractivity contribution is 5.29. The number of nitrogens with one attached hydrogen (secondary N) is 1. The second kappa shape index (κ2) is 6.05. The monoisotopic (exact) mass is 297 g/mol. The lowest BCUT2D eigenvalue weighted by Crippen LogP contribution is -2.49. The van der Waals surface area contributed by atoms with Crippen LogP contribution in [0.1, 0.15) is 24.1 Å². The molecule has 1 aliphatic rings. The summed E-state index contributed by atoms with van der Waals surface area (Å²) in [5.74, 6) is -0.305. The quantitative estimate of drug-likeness (QED) is 0.880. The molecule has 114 valence electrons. The van der Waals surface area contributed by atoms with Crippen molar-refractivity contribution in [2.24, 2.45) is 0 Å². The van der Waals surface area contributed by atoms with E-state index in [1.807, 2.05) is 34.9 Å². The van der Waals surface area contributed by atoms with Gasteiger partial charge in [-0.25, -0.2) is 4.98 Å². The summed E-state index contributed by atoms with van der Waals surface area (Å²) in [4.78, 5) is 4.43. The van der Waals surface area contributed by atoms with Crippen molar-refractivity contribution in [1.82, 2.24) is 9.55 Å². The molecule has 2 N–H and O–H groups in total. The lowest BCUT2D eigenvalue weighted by molar-refractivity contribution is 0.229. The molecule has 0 amide bonds. The van der Waals surface area contributed by atoms with E-state index in [1.54, 1.807) is 0 Å². The molecule has 1 heterocycles. The fourth-order valence-corrected chi connectivity index (χ4v) is 2.75. The number of aromatic nitrogens is 2. The summed E-state index contributed by atoms with van der Waals surface area (Å²) in [7, 11) is 1.38. The van der Waals surface area contributed by atoms with Crippen LogP contribution < -0.4 is 16.2 Å². The highest BCUT2D eigenvalue weighted by Gasteiger charge is 2.12. The van der Waals surface area contributed by atoms with Gasteiger partial charge in [-0.2, -0.15) is 0 Å². The first-order valence-electron chi connectivity index (χ1n) is 7.36. The Hall–Kier alpha value is -2.56. The summed E-state index contributed by atoms with van der Waals surface area (Å²) in [6.07, 6.45) is 5.00. The van der Waals surface area contributed by atoms with Crippen molar-refractivity contribution in [2.45, 2.75) is 25.8 Å². The molecule has 1 aromatic carbocycles. The number of methoxy groups -OCH3 is 1. The van der Waals surface area contributed by atoms with Crippen LogP contribution in [0.15, 0.2) is 30.3 Å². The second-order valence-corrected chi connectivity index (χ2v) is 5.32. The third-order valence-corrected chi connectivity index (χ3v) is 3.86. The molecule has 0 radical (unpaired) electrons. The molecule has 22 heavy (non-hydrogen) atoms. The van der Waals surface area contributed by atoms with Crippen LogP contribution in [-0.2, 0) is 17.7 Å². The summed E-state index contributed by atoms with van der Waals surface area (Å²) < 4.78 is 6.77. The number of aliphatic hydroxyl groups excluding tert-OH is 1. The molecule has 0 spiro atoms. The van der Waals surface area contributed by atoms with Gasteiger partial charge in [0, 0.05) is 6.54 Å². The van der Waals surface area contributed by atoms with Gasteiger partial charge in [-0.1, -0.05) is 36.4 Å². The topological polar surface area (TPSA) is 71.1 Å². The van der Waals surface area contributed by atoms with Gasteiger partial charge in [0.15, 0.2) is 10.8 Å². The van der Waals surface area contributed by atoms with E-state index in [9.17, 15) is 5.11 Å². The van der Waals surface area contributed by atoms with Gasteiger partial charge in [-0.05, 0) is 24.8 Å². The van der Waals surface area contributed by atoms with Crippen LogP contribution >= 0.6 is 0 Å². The number of aryl methyl sites for hydroxylation is 1. The van der Waals surface area contributed by atoms with Crippen molar-refractivity contribution in [3.63, 3.8) is 0 Å². The number of hydrogen-bond acceptors (Lipinski definition) is 4. The lowest BCUT2D eigenvalue weighted by Gasteiger charge is -2.15. The molecule has 0 bridgehead atoms. The molecule has 1 aromatic heterocycles. The number of rotatable bonds is 3. The minimum atomic E-state index is -0.305. The van der Waals surface area contributed by atoms with Crippen LogP contribution in [0.4, 0.5) is 0 Å². The van der Waals surface area contributed by atoms with Crippen molar-refractivity contribution >= 4 is 12.0 Å². The average molecular weight is 297 g/mol. The smallest absolute Gasteiger partial charge is 0.307 e. The van der Waals surface area contributed by atoms with Crippen LogP contribution in [0, 0.1) is 5.41 Å². The van der Waals surface area contributed by atoms with E-state index in [0.29, 0.717) is 6.54 Å². The van der Waals surface area contributed by atoms with E-state index < -0.39 is 0 Å². The largest absolute Gasteiger partial charge is 0.479 e. The molecule has 0 aliphatic heterocycles. The molecule has 0 atom stereocenters. The van der Waals surface area contributed by atoms with Crippen molar-refractivity contribution in [1.29, 1.82) is 5.41 Å². The maximum atomic E-state index is 9.89. The van der Waals surface area contributed by atoms with Gasteiger partial charge in [-0.15, -0.1) is 0 Å². The molecular formula is C17H19N3O2. The zero-order chi connectivity index (χ0) is 15.5. The van der Waals surface area contributed by atoms with Gasteiger partial charge in [-0.3, -0.25) is 5.41 Å². The summed E-state index contributed by atoms with van der Waals surface area (Å²) in [6, 6.07) is 10.00. The zero-order valence-corrected chi connectivity index (χ0v) is 12.5. The molecule has 2 aromatic rings. The van der Waals surface area contributed by atoms with Gasteiger partial charge < -0.3 is 14.4 Å². The first kappa shape index (κ1) is 14.4. The Morgan fingerprint density at radius 3 is 2.86 bits per heavy atom. The van der Waals surface area contributed by atoms with E-state index in [1.165, 1.54) is 7.11 Å². The zero-order valence-electron chi connectivity index (χ0n) is 12.5. The van der Waals surface area contributed by atoms with E-state index in [0.717, 1.165) is 35.9 Å². The van der Waals surface area contributed by atoms with Crippen molar-refractivity contribution in [2.75, 3.05) is 7.11 Å². The highest BCUT2D eigenvalue weighted by Crippen LogP contribution is 2.04. The van der Waals surface area contributed by atoms with E-state index in [2.05, 4.69) is 11.1 Å². The third-order valence-electron chi connectivity index (χ3n) is 3.86. The Balaban J connectivity index is 2.27. The number of benzene rings is 1. The summed E-state index contributed by atoms with van der Waals surface area (Å²) in [6.45, 7) is 0.574. The Kier molecular flexibility index (Phi) is 3.96. The van der Waals surface area contributed by atoms with Crippen LogP contribution in [0.25, 0.3) is 12.0 Å². The number of fused-ring (bicyclic) bond motifs is 1. The van der Waals surface area contributed by atoms with Crippen molar-refractivity contribution in [3.8, 4) is 0 Å². The van der Waals surface area contributed by atoms with Crippen molar-refractivity contribution in [3.05, 3.63) is 57.8 Å². The molecule has 3 rings (SSSR count). The van der Waals surface area contributed by atoms with Gasteiger partial charge in [0.25, 0.3) is 0 Å². The van der Waals surface area contributed by atoms with Crippen LogP contribution in [-0.4, -0.2) is 21.8 Å². The molecule has 5 heteroatoms. The van der Waals surface area contributed by atoms with Gasteiger partial charge >= 0.3 is 5.95 Å². The predicted octanol–water partition coefficient (Wildman–Crippen LogP) is 0.798. The summed E-state index contributed by atoms with van der Waals surface area (Å²) >= 11 is 0. The van der Waals surface area contributed by atoms with Gasteiger partial charge in [0.2, 0.25) is 0 Å². The average Bonchev–Trinajstić information content (AvgIpc) is 2.57. The van der Waals surface area contributed by atoms with Crippen LogP contribution in [0.3, 0.4) is 0 Å². The summed E-state index contributed by atoms with van der Waals surface area (Å²) in [5, 5.41) is 19.5. The first-order valence-corrected chi connectivity index (χ1v) is 7.36. The Morgan fingerprint density at radius 2 is 2.14 bits per heavy atom. The Labute approximate surface area is 128 Å². The molecular weight excluding hydrogens is 278 g/mol. The van der Waals surface area contributed by atoms with Crippen molar-refractivity contribution < 1.29 is 9.84 Å². The van der Waals surface area contributed by atoms with E-state index in [-0.39, 0.29) is 16.8 Å². The predicted molar refractivity (Wildman–Crippen MR) is 83.3 cm³/mol. The van der Waals surface area contributed by atoms with Gasteiger partial charge in [0.05, 0.1) is 18.2 Å². The maximum Gasteiger partial charge on any atom is 0.307 e. The Morgan fingerprint density at radius 1 is 1.36 bits per heavy atom. The van der Waals surface area contributed by atoms with E-state index in [4.69, 9.17) is 10.1 Å². The normalized spacial score (nSPS) is 14.8. The second-order valence-electron chi connectivity index (χ2n) is 5.32. The van der Waals surface area contributed by atoms with Crippen LogP contribution in [0.5, 0.6) is 0 Å². The molecule has 0 saturated carbocycles. The van der Waals surface area contributed by atoms with E-state index >= 15 is 0 Å². The fraction of sp³-hybridized carbons (Fsp3) is 0.294. The minimum Gasteiger partial charge on any atom is -0.479 e. The Bertz CT molecular complexity index is 854. The first-order chi connectivity index (χ1) is 10.7. The molecule has 0 unspecified atom stereocenters. The maximum absolute atomic E-state index is 9.89. The molecule has 0 fully saturated rings. The number of ether oxygens (including phenoxy) is 1. The standard InChI is InChI=1S/C17H19N3O2/c1-22-17(21)15-16(18)20(11-12-7-3-2-4-8-12)14-10-6-5-9-13(14)19-15/h2-4,7-8,10,18,21H,5-6,9,11H2,1H3/b17-15-,18-16?. The lowest BCUT2D eigenvalue weighted by atomic mass is 10.1. The van der Waals surface area contributed by atoms with Gasteiger partial charge in [0.1, 0.15) is 0 Å². The molecule has 5 nitrogen and oxygen atoms in total.